The molecule has 1 aliphatic carbocycles. The van der Waals surface area contributed by atoms with Gasteiger partial charge in [-0.2, -0.15) is 0 Å². The summed E-state index contributed by atoms with van der Waals surface area (Å²) in [7, 11) is 2.38. The Labute approximate surface area is 184 Å². The van der Waals surface area contributed by atoms with Crippen LogP contribution in [0.2, 0.25) is 0 Å². The number of fused-ring (bicyclic) bond motifs is 1. The number of amides is 1. The Morgan fingerprint density at radius 2 is 1.87 bits per heavy atom. The van der Waals surface area contributed by atoms with Crippen LogP contribution in [0.15, 0.2) is 28.0 Å². The summed E-state index contributed by atoms with van der Waals surface area (Å²) in [6, 6.07) is -1.57. The Bertz CT molecular complexity index is 861. The van der Waals surface area contributed by atoms with Crippen LogP contribution < -0.4 is 0 Å². The van der Waals surface area contributed by atoms with Gasteiger partial charge >= 0.3 is 23.8 Å². The van der Waals surface area contributed by atoms with Gasteiger partial charge in [-0.15, -0.1) is 0 Å². The van der Waals surface area contributed by atoms with Crippen molar-refractivity contribution in [1.29, 1.82) is 0 Å². The highest BCUT2D eigenvalue weighted by atomic mass is 32.2. The lowest BCUT2D eigenvalue weighted by molar-refractivity contribution is -0.160. The maximum atomic E-state index is 13.2. The second kappa shape index (κ2) is 9.99. The van der Waals surface area contributed by atoms with Crippen LogP contribution >= 0.6 is 11.8 Å². The van der Waals surface area contributed by atoms with Crippen LogP contribution in [0, 0.1) is 0 Å². The SMILES string of the molecule is CCOC(=O)C(=O)N(C1=C(C(=O)OC)C(C(=O)OC)N2C=CSC2=N1)C1CCCCC1. The van der Waals surface area contributed by atoms with Gasteiger partial charge in [-0.3, -0.25) is 9.69 Å². The summed E-state index contributed by atoms with van der Waals surface area (Å²) in [5.74, 6) is -3.60. The number of ether oxygens (including phenoxy) is 3. The maximum Gasteiger partial charge on any atom is 0.397 e. The molecule has 2 aliphatic heterocycles. The number of nitrogens with zero attached hydrogens (tertiary/aromatic N) is 3. The monoisotopic (exact) mass is 451 g/mol. The zero-order valence-corrected chi connectivity index (χ0v) is 18.5. The van der Waals surface area contributed by atoms with Crippen LogP contribution in [0.1, 0.15) is 39.0 Å². The molecule has 0 aromatic heterocycles. The van der Waals surface area contributed by atoms with Crippen LogP contribution in [0.4, 0.5) is 0 Å². The summed E-state index contributed by atoms with van der Waals surface area (Å²) < 4.78 is 14.8. The van der Waals surface area contributed by atoms with Crippen molar-refractivity contribution in [3.05, 3.63) is 23.0 Å². The fourth-order valence-electron chi connectivity index (χ4n) is 3.88. The highest BCUT2D eigenvalue weighted by Gasteiger charge is 2.46. The predicted molar refractivity (Wildman–Crippen MR) is 111 cm³/mol. The fourth-order valence-corrected chi connectivity index (χ4v) is 4.62. The third-order valence-corrected chi connectivity index (χ3v) is 6.05. The number of amidine groups is 1. The fraction of sp³-hybridized carbons (Fsp3) is 0.550. The van der Waals surface area contributed by atoms with Gasteiger partial charge < -0.3 is 19.1 Å². The number of aliphatic imine (C=N–C) groups is 1. The molecular formula is C20H25N3O7S. The maximum absolute atomic E-state index is 13.2. The molecule has 1 fully saturated rings. The van der Waals surface area contributed by atoms with E-state index in [9.17, 15) is 19.2 Å². The molecule has 11 heteroatoms. The number of carbonyl (C=O) groups excluding carboxylic acids is 4. The number of rotatable bonds is 5. The largest absolute Gasteiger partial charge is 0.467 e. The molecule has 0 bridgehead atoms. The second-order valence-electron chi connectivity index (χ2n) is 7.05. The van der Waals surface area contributed by atoms with Crippen LogP contribution in [-0.2, 0) is 33.4 Å². The molecule has 1 atom stereocenters. The number of hydrogen-bond acceptors (Lipinski definition) is 10. The molecule has 1 unspecified atom stereocenters. The summed E-state index contributed by atoms with van der Waals surface area (Å²) in [5, 5.41) is 2.08. The van der Waals surface area contributed by atoms with Crippen LogP contribution in [0.5, 0.6) is 0 Å². The molecule has 3 rings (SSSR count). The van der Waals surface area contributed by atoms with E-state index in [0.29, 0.717) is 18.0 Å². The number of esters is 3. The van der Waals surface area contributed by atoms with E-state index in [-0.39, 0.29) is 24.0 Å². The minimum Gasteiger partial charge on any atom is -0.467 e. The van der Waals surface area contributed by atoms with Gasteiger partial charge in [0, 0.05) is 12.2 Å². The zero-order valence-electron chi connectivity index (χ0n) is 17.7. The molecule has 31 heavy (non-hydrogen) atoms. The minimum absolute atomic E-state index is 0.0266. The standard InChI is InChI=1S/C20H25N3O7S/c1-4-30-19(27)16(24)23(12-8-6-5-7-9-12)15-13(17(25)28-2)14(18(26)29-3)22-10-11-31-20(22)21-15/h10-12,14H,4-9H2,1-3H3. The van der Waals surface area contributed by atoms with Gasteiger partial charge in [0.15, 0.2) is 17.0 Å². The summed E-state index contributed by atoms with van der Waals surface area (Å²) in [5.41, 5.74) is -0.159. The van der Waals surface area contributed by atoms with Crippen molar-refractivity contribution < 1.29 is 33.4 Å². The van der Waals surface area contributed by atoms with Crippen molar-refractivity contribution in [2.24, 2.45) is 4.99 Å². The average Bonchev–Trinajstić information content (AvgIpc) is 3.26. The van der Waals surface area contributed by atoms with Crippen molar-refractivity contribution in [2.75, 3.05) is 20.8 Å². The van der Waals surface area contributed by atoms with E-state index in [1.54, 1.807) is 18.5 Å². The van der Waals surface area contributed by atoms with Gasteiger partial charge in [0.1, 0.15) is 5.57 Å². The van der Waals surface area contributed by atoms with Gasteiger partial charge in [0.25, 0.3) is 0 Å². The van der Waals surface area contributed by atoms with E-state index in [4.69, 9.17) is 14.2 Å². The van der Waals surface area contributed by atoms with Crippen molar-refractivity contribution in [2.45, 2.75) is 51.1 Å². The van der Waals surface area contributed by atoms with Gasteiger partial charge in [-0.25, -0.2) is 19.4 Å². The molecule has 0 radical (unpaired) electrons. The zero-order chi connectivity index (χ0) is 22.5. The first-order chi connectivity index (χ1) is 14.9. The van der Waals surface area contributed by atoms with Crippen molar-refractivity contribution >= 4 is 40.7 Å². The van der Waals surface area contributed by atoms with E-state index in [1.165, 1.54) is 35.8 Å². The Morgan fingerprint density at radius 1 is 1.16 bits per heavy atom. The van der Waals surface area contributed by atoms with E-state index in [0.717, 1.165) is 19.3 Å². The molecule has 168 valence electrons. The van der Waals surface area contributed by atoms with E-state index >= 15 is 0 Å². The highest BCUT2D eigenvalue weighted by molar-refractivity contribution is 8.16. The number of methoxy groups -OCH3 is 2. The topological polar surface area (TPSA) is 115 Å². The van der Waals surface area contributed by atoms with Crippen LogP contribution in [0.3, 0.4) is 0 Å². The van der Waals surface area contributed by atoms with Crippen LogP contribution in [-0.4, -0.2) is 71.7 Å². The average molecular weight is 452 g/mol. The quantitative estimate of drug-likeness (QED) is 0.349. The molecular weight excluding hydrogens is 426 g/mol. The van der Waals surface area contributed by atoms with Gasteiger partial charge in [0.2, 0.25) is 0 Å². The first kappa shape index (κ1) is 22.9. The van der Waals surface area contributed by atoms with Crippen molar-refractivity contribution in [3.8, 4) is 0 Å². The second-order valence-corrected chi connectivity index (χ2v) is 7.92. The van der Waals surface area contributed by atoms with E-state index in [1.807, 2.05) is 0 Å². The molecule has 2 heterocycles. The highest BCUT2D eigenvalue weighted by Crippen LogP contribution is 2.37. The lowest BCUT2D eigenvalue weighted by Crippen LogP contribution is -2.51. The Hall–Kier alpha value is -2.82. The third-order valence-electron chi connectivity index (χ3n) is 5.28. The predicted octanol–water partition coefficient (Wildman–Crippen LogP) is 1.53. The van der Waals surface area contributed by atoms with E-state index < -0.39 is 29.9 Å². The van der Waals surface area contributed by atoms with Gasteiger partial charge in [0.05, 0.1) is 20.8 Å². The molecule has 1 saturated carbocycles. The van der Waals surface area contributed by atoms with E-state index in [2.05, 4.69) is 4.99 Å². The summed E-state index contributed by atoms with van der Waals surface area (Å²) in [4.78, 5) is 58.3. The first-order valence-electron chi connectivity index (χ1n) is 10.1. The molecule has 0 aromatic rings. The summed E-state index contributed by atoms with van der Waals surface area (Å²) >= 11 is 1.22. The van der Waals surface area contributed by atoms with Crippen molar-refractivity contribution in [1.82, 2.24) is 9.80 Å². The van der Waals surface area contributed by atoms with Gasteiger partial charge in [-0.1, -0.05) is 31.0 Å². The Morgan fingerprint density at radius 3 is 2.48 bits per heavy atom. The normalized spacial score (nSPS) is 20.7. The first-order valence-corrected chi connectivity index (χ1v) is 10.9. The molecule has 1 amide bonds. The van der Waals surface area contributed by atoms with Crippen LogP contribution in [0.25, 0.3) is 0 Å². The Balaban J connectivity index is 2.19. The molecule has 0 aromatic carbocycles. The summed E-state index contributed by atoms with van der Waals surface area (Å²) in [6.45, 7) is 1.63. The molecule has 0 N–H and O–H groups in total. The number of carbonyl (C=O) groups is 4. The molecule has 3 aliphatic rings. The molecule has 0 spiro atoms. The van der Waals surface area contributed by atoms with Gasteiger partial charge in [-0.05, 0) is 25.2 Å². The molecule has 10 nitrogen and oxygen atoms in total. The number of hydrogen-bond donors (Lipinski definition) is 0. The number of thioether (sulfide) groups is 1. The summed E-state index contributed by atoms with van der Waals surface area (Å²) in [6.07, 6.45) is 5.59. The van der Waals surface area contributed by atoms with Crippen molar-refractivity contribution in [3.63, 3.8) is 0 Å². The smallest absolute Gasteiger partial charge is 0.397 e. The lowest BCUT2D eigenvalue weighted by Gasteiger charge is -2.38. The lowest BCUT2D eigenvalue weighted by atomic mass is 9.93. The Kier molecular flexibility index (Phi) is 7.37. The third kappa shape index (κ3) is 4.46. The molecule has 0 saturated heterocycles. The minimum atomic E-state index is -1.20.